The summed E-state index contributed by atoms with van der Waals surface area (Å²) in [6.45, 7) is 2.82. The quantitative estimate of drug-likeness (QED) is 0.241. The number of hydrogen-bond acceptors (Lipinski definition) is 8. The molecule has 0 aliphatic carbocycles. The number of hydrogen-bond donors (Lipinski definition) is 1. The van der Waals surface area contributed by atoms with Gasteiger partial charge in [0.05, 0.1) is 35.4 Å². The van der Waals surface area contributed by atoms with Gasteiger partial charge in [0.15, 0.2) is 0 Å². The number of rotatable bonds is 10. The van der Waals surface area contributed by atoms with Gasteiger partial charge in [-0.05, 0) is 55.8 Å². The summed E-state index contributed by atoms with van der Waals surface area (Å²) in [7, 11) is -1.38. The van der Waals surface area contributed by atoms with Gasteiger partial charge in [-0.2, -0.15) is 5.10 Å². The molecule has 1 amide bonds. The van der Waals surface area contributed by atoms with Crippen LogP contribution in [0, 0.1) is 17.0 Å². The fourth-order valence-corrected chi connectivity index (χ4v) is 4.75. The Morgan fingerprint density at radius 2 is 1.68 bits per heavy atom. The van der Waals surface area contributed by atoms with Gasteiger partial charge in [0.25, 0.3) is 21.6 Å². The molecular formula is C25H26N4O7S. The van der Waals surface area contributed by atoms with Crippen LogP contribution in [0.3, 0.4) is 0 Å². The van der Waals surface area contributed by atoms with E-state index in [2.05, 4.69) is 10.5 Å². The van der Waals surface area contributed by atoms with Crippen molar-refractivity contribution in [3.8, 4) is 11.5 Å². The number of amides is 1. The average Bonchev–Trinajstić information content (AvgIpc) is 2.90. The molecule has 194 valence electrons. The largest absolute Gasteiger partial charge is 0.497 e. The zero-order valence-corrected chi connectivity index (χ0v) is 21.5. The third-order valence-corrected chi connectivity index (χ3v) is 7.17. The summed E-state index contributed by atoms with van der Waals surface area (Å²) in [6, 6.07) is 16.5. The molecule has 12 heteroatoms. The van der Waals surface area contributed by atoms with E-state index < -0.39 is 27.4 Å². The van der Waals surface area contributed by atoms with Crippen LogP contribution < -0.4 is 19.2 Å². The second kappa shape index (κ2) is 11.5. The number of methoxy groups -OCH3 is 2. The summed E-state index contributed by atoms with van der Waals surface area (Å²) >= 11 is 0. The average molecular weight is 527 g/mol. The highest BCUT2D eigenvalue weighted by molar-refractivity contribution is 7.92. The van der Waals surface area contributed by atoms with Crippen LogP contribution in [0.15, 0.2) is 76.7 Å². The Kier molecular flexibility index (Phi) is 8.45. The minimum Gasteiger partial charge on any atom is -0.497 e. The van der Waals surface area contributed by atoms with E-state index >= 15 is 0 Å². The van der Waals surface area contributed by atoms with Crippen molar-refractivity contribution in [2.24, 2.45) is 5.10 Å². The molecule has 0 aromatic heterocycles. The second-order valence-electron chi connectivity index (χ2n) is 7.90. The number of nitrogens with zero attached hydrogens (tertiary/aromatic N) is 3. The highest BCUT2D eigenvalue weighted by atomic mass is 32.2. The number of nitrogens with one attached hydrogen (secondary N) is 1. The number of carbonyl (C=O) groups excluding carboxylic acids is 1. The number of hydrazone groups is 1. The van der Waals surface area contributed by atoms with Crippen LogP contribution in [0.25, 0.3) is 0 Å². The van der Waals surface area contributed by atoms with E-state index in [9.17, 15) is 23.3 Å². The minimum atomic E-state index is -4.20. The van der Waals surface area contributed by atoms with Crippen molar-refractivity contribution in [1.29, 1.82) is 0 Å². The third kappa shape index (κ3) is 6.41. The van der Waals surface area contributed by atoms with Crippen molar-refractivity contribution in [3.63, 3.8) is 0 Å². The van der Waals surface area contributed by atoms with E-state index in [1.807, 2.05) is 6.92 Å². The number of aryl methyl sites for hydroxylation is 1. The molecule has 1 N–H and O–H groups in total. The third-order valence-electron chi connectivity index (χ3n) is 5.40. The van der Waals surface area contributed by atoms with E-state index in [-0.39, 0.29) is 22.0 Å². The molecule has 0 unspecified atom stereocenters. The van der Waals surface area contributed by atoms with Crippen molar-refractivity contribution in [2.45, 2.75) is 18.7 Å². The van der Waals surface area contributed by atoms with Crippen LogP contribution in [0.1, 0.15) is 18.1 Å². The number of sulfonamides is 1. The molecule has 0 atom stereocenters. The SMILES string of the molecule is COc1ccc(OC)c(N(CC(=O)N/N=C(/C)c2ccc([N+](=O)[O-])cc2)S(=O)(=O)c2ccc(C)cc2)c1. The van der Waals surface area contributed by atoms with Gasteiger partial charge in [0, 0.05) is 18.2 Å². The predicted octanol–water partition coefficient (Wildman–Crippen LogP) is 3.66. The van der Waals surface area contributed by atoms with Crippen LogP contribution in [0.5, 0.6) is 11.5 Å². The van der Waals surface area contributed by atoms with Crippen LogP contribution in [0.2, 0.25) is 0 Å². The molecule has 3 aromatic carbocycles. The first-order valence-corrected chi connectivity index (χ1v) is 12.4. The molecule has 0 radical (unpaired) electrons. The molecule has 37 heavy (non-hydrogen) atoms. The lowest BCUT2D eigenvalue weighted by Crippen LogP contribution is -2.40. The standard InChI is InChI=1S/C25H26N4O7S/c1-17-5-12-22(13-6-17)37(33,34)28(23-15-21(35-3)11-14-24(23)36-4)16-25(30)27-26-18(2)19-7-9-20(10-8-19)29(31)32/h5-15H,16H2,1-4H3,(H,27,30)/b26-18-. The molecule has 0 aliphatic rings. The highest BCUT2D eigenvalue weighted by Crippen LogP contribution is 2.35. The Hall–Kier alpha value is -4.45. The van der Waals surface area contributed by atoms with Crippen molar-refractivity contribution in [2.75, 3.05) is 25.1 Å². The first-order valence-electron chi connectivity index (χ1n) is 11.0. The molecule has 0 saturated carbocycles. The molecule has 3 rings (SSSR count). The molecule has 0 fully saturated rings. The number of benzene rings is 3. The lowest BCUT2D eigenvalue weighted by atomic mass is 10.1. The van der Waals surface area contributed by atoms with E-state index in [0.717, 1.165) is 9.87 Å². The Bertz CT molecular complexity index is 1420. The Labute approximate surface area is 214 Å². The number of ether oxygens (including phenoxy) is 2. The number of carbonyl (C=O) groups is 1. The summed E-state index contributed by atoms with van der Waals surface area (Å²) < 4.78 is 38.9. The Balaban J connectivity index is 1.94. The molecule has 0 saturated heterocycles. The van der Waals surface area contributed by atoms with Crippen molar-refractivity contribution >= 4 is 33.0 Å². The van der Waals surface area contributed by atoms with Gasteiger partial charge in [0.1, 0.15) is 18.0 Å². The minimum absolute atomic E-state index is 0.0127. The van der Waals surface area contributed by atoms with Crippen LogP contribution in [-0.4, -0.2) is 45.7 Å². The zero-order valence-electron chi connectivity index (χ0n) is 20.7. The summed E-state index contributed by atoms with van der Waals surface area (Å²) in [6.07, 6.45) is 0. The van der Waals surface area contributed by atoms with E-state index in [0.29, 0.717) is 17.0 Å². The molecule has 3 aromatic rings. The van der Waals surface area contributed by atoms with Gasteiger partial charge in [-0.1, -0.05) is 17.7 Å². The van der Waals surface area contributed by atoms with Gasteiger partial charge in [-0.15, -0.1) is 0 Å². The van der Waals surface area contributed by atoms with Crippen LogP contribution in [-0.2, 0) is 14.8 Å². The van der Waals surface area contributed by atoms with Crippen LogP contribution >= 0.6 is 0 Å². The Morgan fingerprint density at radius 1 is 1.03 bits per heavy atom. The van der Waals surface area contributed by atoms with Crippen molar-refractivity contribution in [1.82, 2.24) is 5.43 Å². The van der Waals surface area contributed by atoms with Crippen LogP contribution in [0.4, 0.5) is 11.4 Å². The lowest BCUT2D eigenvalue weighted by molar-refractivity contribution is -0.384. The first-order chi connectivity index (χ1) is 17.6. The lowest BCUT2D eigenvalue weighted by Gasteiger charge is -2.25. The summed E-state index contributed by atoms with van der Waals surface area (Å²) in [5.74, 6) is -0.135. The molecule has 11 nitrogen and oxygen atoms in total. The van der Waals surface area contributed by atoms with Gasteiger partial charge in [0.2, 0.25) is 0 Å². The predicted molar refractivity (Wildman–Crippen MR) is 139 cm³/mol. The first kappa shape index (κ1) is 27.1. The van der Waals surface area contributed by atoms with Gasteiger partial charge < -0.3 is 9.47 Å². The summed E-state index contributed by atoms with van der Waals surface area (Å²) in [5.41, 5.74) is 4.17. The molecule has 0 aliphatic heterocycles. The maximum Gasteiger partial charge on any atom is 0.269 e. The maximum atomic E-state index is 13.7. The molecular weight excluding hydrogens is 500 g/mol. The second-order valence-corrected chi connectivity index (χ2v) is 9.76. The van der Waals surface area contributed by atoms with E-state index in [1.54, 1.807) is 31.2 Å². The maximum absolute atomic E-state index is 13.7. The van der Waals surface area contributed by atoms with E-state index in [1.165, 1.54) is 56.7 Å². The van der Waals surface area contributed by atoms with E-state index in [4.69, 9.17) is 9.47 Å². The topological polar surface area (TPSA) is 140 Å². The number of nitro benzene ring substituents is 1. The zero-order chi connectivity index (χ0) is 27.2. The van der Waals surface area contributed by atoms with Crippen molar-refractivity contribution in [3.05, 3.63) is 88.0 Å². The fraction of sp³-hybridized carbons (Fsp3) is 0.200. The Morgan fingerprint density at radius 3 is 2.24 bits per heavy atom. The van der Waals surface area contributed by atoms with Gasteiger partial charge in [-0.3, -0.25) is 19.2 Å². The number of non-ortho nitro benzene ring substituents is 1. The molecule has 0 heterocycles. The monoisotopic (exact) mass is 526 g/mol. The fourth-order valence-electron chi connectivity index (χ4n) is 3.33. The highest BCUT2D eigenvalue weighted by Gasteiger charge is 2.30. The smallest absolute Gasteiger partial charge is 0.269 e. The van der Waals surface area contributed by atoms with Gasteiger partial charge >= 0.3 is 0 Å². The normalized spacial score (nSPS) is 11.5. The number of anilines is 1. The van der Waals surface area contributed by atoms with Crippen molar-refractivity contribution < 1.29 is 27.6 Å². The van der Waals surface area contributed by atoms with Gasteiger partial charge in [-0.25, -0.2) is 13.8 Å². The molecule has 0 spiro atoms. The number of nitro groups is 1. The summed E-state index contributed by atoms with van der Waals surface area (Å²) in [5, 5.41) is 14.9. The summed E-state index contributed by atoms with van der Waals surface area (Å²) in [4.78, 5) is 23.2. The molecule has 0 bridgehead atoms.